The average molecular weight is 238 g/mol. The first-order valence-electron chi connectivity index (χ1n) is 4.45. The van der Waals surface area contributed by atoms with E-state index in [1.54, 1.807) is 18.2 Å². The number of hydrogen-bond donors (Lipinski definition) is 3. The summed E-state index contributed by atoms with van der Waals surface area (Å²) in [5, 5.41) is 1.17. The van der Waals surface area contributed by atoms with Gasteiger partial charge in [-0.05, 0) is 12.1 Å². The summed E-state index contributed by atoms with van der Waals surface area (Å²) in [4.78, 5) is -0.300. The van der Waals surface area contributed by atoms with Crippen LogP contribution >= 0.6 is 0 Å². The van der Waals surface area contributed by atoms with Gasteiger partial charge in [-0.3, -0.25) is 4.55 Å². The fraction of sp³-hybridized carbons (Fsp3) is 0. The molecule has 0 aliphatic heterocycles. The van der Waals surface area contributed by atoms with Crippen LogP contribution in [-0.2, 0) is 10.1 Å². The highest BCUT2D eigenvalue weighted by molar-refractivity contribution is 7.86. The van der Waals surface area contributed by atoms with Gasteiger partial charge in [-0.15, -0.1) is 0 Å². The molecule has 0 atom stereocenters. The summed E-state index contributed by atoms with van der Waals surface area (Å²) < 4.78 is 31.0. The van der Waals surface area contributed by atoms with Gasteiger partial charge in [0.2, 0.25) is 0 Å². The lowest BCUT2D eigenvalue weighted by atomic mass is 10.1. The van der Waals surface area contributed by atoms with E-state index in [2.05, 4.69) is 0 Å². The number of hydrogen-bond acceptors (Lipinski definition) is 4. The molecule has 0 saturated heterocycles. The van der Waals surface area contributed by atoms with Crippen LogP contribution in [0.1, 0.15) is 0 Å². The molecule has 5 N–H and O–H groups in total. The summed E-state index contributed by atoms with van der Waals surface area (Å²) >= 11 is 0. The third-order valence-corrected chi connectivity index (χ3v) is 3.29. The van der Waals surface area contributed by atoms with E-state index < -0.39 is 10.1 Å². The van der Waals surface area contributed by atoms with Crippen molar-refractivity contribution >= 4 is 32.3 Å². The second-order valence-corrected chi connectivity index (χ2v) is 4.78. The molecule has 0 spiro atoms. The number of fused-ring (bicyclic) bond motifs is 1. The van der Waals surface area contributed by atoms with E-state index >= 15 is 0 Å². The predicted octanol–water partition coefficient (Wildman–Crippen LogP) is 1.25. The van der Waals surface area contributed by atoms with E-state index in [1.807, 2.05) is 0 Å². The van der Waals surface area contributed by atoms with Crippen LogP contribution in [0.2, 0.25) is 0 Å². The minimum absolute atomic E-state index is 0.00676. The second kappa shape index (κ2) is 3.36. The van der Waals surface area contributed by atoms with Crippen molar-refractivity contribution in [2.24, 2.45) is 0 Å². The van der Waals surface area contributed by atoms with Crippen LogP contribution in [-0.4, -0.2) is 13.0 Å². The minimum Gasteiger partial charge on any atom is -0.398 e. The number of anilines is 2. The number of nitrogens with two attached hydrogens (primary N) is 2. The van der Waals surface area contributed by atoms with Crippen molar-refractivity contribution in [1.82, 2.24) is 0 Å². The van der Waals surface area contributed by atoms with Crippen LogP contribution in [0.15, 0.2) is 35.2 Å². The molecule has 0 aromatic heterocycles. The van der Waals surface area contributed by atoms with Crippen molar-refractivity contribution in [1.29, 1.82) is 0 Å². The third-order valence-electron chi connectivity index (χ3n) is 2.37. The highest BCUT2D eigenvalue weighted by atomic mass is 32.2. The summed E-state index contributed by atoms with van der Waals surface area (Å²) in [6.07, 6.45) is 0. The van der Waals surface area contributed by atoms with Gasteiger partial charge >= 0.3 is 0 Å². The molecule has 0 unspecified atom stereocenters. The standard InChI is InChI=1S/C10H10N2O3S/c11-8-3-1-2-7-6(8)4-5-9(10(7)12)16(13,14)15/h1-5H,11-12H2,(H,13,14,15). The first-order chi connectivity index (χ1) is 7.41. The lowest BCUT2D eigenvalue weighted by Gasteiger charge is -2.08. The van der Waals surface area contributed by atoms with Crippen LogP contribution < -0.4 is 11.5 Å². The summed E-state index contributed by atoms with van der Waals surface area (Å²) in [6.45, 7) is 0. The Kier molecular flexibility index (Phi) is 2.25. The van der Waals surface area contributed by atoms with Gasteiger partial charge in [0.15, 0.2) is 0 Å². The maximum atomic E-state index is 11.0. The zero-order valence-corrected chi connectivity index (χ0v) is 9.03. The van der Waals surface area contributed by atoms with E-state index in [9.17, 15) is 8.42 Å². The Labute approximate surface area is 92.4 Å². The van der Waals surface area contributed by atoms with Crippen LogP contribution in [0.4, 0.5) is 11.4 Å². The fourth-order valence-electron chi connectivity index (χ4n) is 1.61. The van der Waals surface area contributed by atoms with Gasteiger partial charge in [0.25, 0.3) is 10.1 Å². The van der Waals surface area contributed by atoms with E-state index in [0.29, 0.717) is 16.5 Å². The summed E-state index contributed by atoms with van der Waals surface area (Å²) in [7, 11) is -4.30. The highest BCUT2D eigenvalue weighted by Gasteiger charge is 2.16. The molecular weight excluding hydrogens is 228 g/mol. The Morgan fingerprint density at radius 2 is 1.69 bits per heavy atom. The predicted molar refractivity (Wildman–Crippen MR) is 62.6 cm³/mol. The molecule has 0 radical (unpaired) electrons. The van der Waals surface area contributed by atoms with Crippen molar-refractivity contribution in [2.45, 2.75) is 4.90 Å². The molecule has 84 valence electrons. The Balaban J connectivity index is 2.92. The SMILES string of the molecule is Nc1cccc2c(N)c(S(=O)(=O)O)ccc12. The van der Waals surface area contributed by atoms with Crippen LogP contribution in [0, 0.1) is 0 Å². The molecule has 5 nitrogen and oxygen atoms in total. The summed E-state index contributed by atoms with van der Waals surface area (Å²) in [5.41, 5.74) is 11.9. The summed E-state index contributed by atoms with van der Waals surface area (Å²) in [6, 6.07) is 7.76. The molecule has 0 amide bonds. The average Bonchev–Trinajstić information content (AvgIpc) is 2.18. The van der Waals surface area contributed by atoms with E-state index in [1.165, 1.54) is 12.1 Å². The number of rotatable bonds is 1. The molecule has 16 heavy (non-hydrogen) atoms. The number of nitrogen functional groups attached to an aromatic ring is 2. The van der Waals surface area contributed by atoms with E-state index in [-0.39, 0.29) is 10.6 Å². The van der Waals surface area contributed by atoms with Crippen LogP contribution in [0.25, 0.3) is 10.8 Å². The van der Waals surface area contributed by atoms with Gasteiger partial charge in [0, 0.05) is 16.5 Å². The molecule has 0 bridgehead atoms. The van der Waals surface area contributed by atoms with Gasteiger partial charge in [-0.1, -0.05) is 18.2 Å². The summed E-state index contributed by atoms with van der Waals surface area (Å²) in [5.74, 6) is 0. The first-order valence-corrected chi connectivity index (χ1v) is 5.89. The van der Waals surface area contributed by atoms with Gasteiger partial charge in [0.05, 0.1) is 5.69 Å². The molecule has 0 aliphatic carbocycles. The van der Waals surface area contributed by atoms with Crippen molar-refractivity contribution in [3.8, 4) is 0 Å². The molecule has 2 rings (SSSR count). The van der Waals surface area contributed by atoms with Crippen molar-refractivity contribution < 1.29 is 13.0 Å². The molecule has 6 heteroatoms. The zero-order chi connectivity index (χ0) is 11.9. The van der Waals surface area contributed by atoms with Gasteiger partial charge < -0.3 is 11.5 Å². The molecule has 0 saturated carbocycles. The Morgan fingerprint density at radius 3 is 2.31 bits per heavy atom. The molecule has 0 fully saturated rings. The zero-order valence-electron chi connectivity index (χ0n) is 8.21. The molecular formula is C10H10N2O3S. The topological polar surface area (TPSA) is 106 Å². The van der Waals surface area contributed by atoms with Crippen molar-refractivity contribution in [2.75, 3.05) is 11.5 Å². The maximum absolute atomic E-state index is 11.0. The first kappa shape index (κ1) is 10.7. The van der Waals surface area contributed by atoms with Gasteiger partial charge in [0.1, 0.15) is 4.90 Å². The van der Waals surface area contributed by atoms with Gasteiger partial charge in [-0.2, -0.15) is 8.42 Å². The molecule has 2 aromatic carbocycles. The lowest BCUT2D eigenvalue weighted by molar-refractivity contribution is 0.484. The van der Waals surface area contributed by atoms with Crippen molar-refractivity contribution in [3.05, 3.63) is 30.3 Å². The highest BCUT2D eigenvalue weighted by Crippen LogP contribution is 2.30. The Morgan fingerprint density at radius 1 is 1.00 bits per heavy atom. The Hall–Kier alpha value is -1.79. The third kappa shape index (κ3) is 1.58. The van der Waals surface area contributed by atoms with E-state index in [0.717, 1.165) is 0 Å². The largest absolute Gasteiger partial charge is 0.398 e. The molecule has 0 heterocycles. The lowest BCUT2D eigenvalue weighted by Crippen LogP contribution is -2.03. The number of benzene rings is 2. The quantitative estimate of drug-likeness (QED) is 0.512. The monoisotopic (exact) mass is 238 g/mol. The second-order valence-electron chi connectivity index (χ2n) is 3.39. The van der Waals surface area contributed by atoms with E-state index in [4.69, 9.17) is 16.0 Å². The smallest absolute Gasteiger partial charge is 0.296 e. The molecule has 0 aliphatic rings. The van der Waals surface area contributed by atoms with Gasteiger partial charge in [-0.25, -0.2) is 0 Å². The Bertz CT molecular complexity index is 665. The normalized spacial score (nSPS) is 11.8. The fourth-order valence-corrected chi connectivity index (χ4v) is 2.24. The van der Waals surface area contributed by atoms with Crippen molar-refractivity contribution in [3.63, 3.8) is 0 Å². The molecule has 2 aromatic rings. The maximum Gasteiger partial charge on any atom is 0.296 e. The minimum atomic E-state index is -4.30. The van der Waals surface area contributed by atoms with Crippen LogP contribution in [0.3, 0.4) is 0 Å². The van der Waals surface area contributed by atoms with Crippen LogP contribution in [0.5, 0.6) is 0 Å².